The maximum absolute atomic E-state index is 10.2. The Bertz CT molecular complexity index is 730. The number of likely N-dealkylation sites (tertiary alicyclic amines) is 1. The molecule has 3 rings (SSSR count). The average Bonchev–Trinajstić information content (AvgIpc) is 3.14. The van der Waals surface area contributed by atoms with Crippen LogP contribution in [0, 0.1) is 0 Å². The minimum Gasteiger partial charge on any atom is -0.389 e. The molecule has 1 saturated heterocycles. The van der Waals surface area contributed by atoms with E-state index < -0.39 is 6.10 Å². The summed E-state index contributed by atoms with van der Waals surface area (Å²) in [7, 11) is 3.55. The molecular weight excluding hydrogens is 358 g/mol. The molecule has 0 aromatic carbocycles. The Hall–Kier alpha value is -1.87. The van der Waals surface area contributed by atoms with Gasteiger partial charge < -0.3 is 19.5 Å². The van der Waals surface area contributed by atoms with Crippen LogP contribution >= 0.6 is 0 Å². The number of methoxy groups -OCH3 is 1. The van der Waals surface area contributed by atoms with E-state index in [1.165, 1.54) is 0 Å². The van der Waals surface area contributed by atoms with E-state index in [1.807, 2.05) is 38.6 Å². The fraction of sp³-hybridized carbons (Fsp3) is 0.650. The zero-order valence-electron chi connectivity index (χ0n) is 17.0. The van der Waals surface area contributed by atoms with Crippen LogP contribution in [0.3, 0.4) is 0 Å². The number of piperidine rings is 1. The molecule has 8 heteroatoms. The van der Waals surface area contributed by atoms with Crippen molar-refractivity contribution in [2.24, 2.45) is 7.05 Å². The normalized spacial score (nSPS) is 18.3. The Morgan fingerprint density at radius 3 is 2.75 bits per heavy atom. The lowest BCUT2D eigenvalue weighted by atomic mass is 9.95. The number of hydrogen-bond acceptors (Lipinski definition) is 7. The second-order valence-corrected chi connectivity index (χ2v) is 7.53. The van der Waals surface area contributed by atoms with Crippen molar-refractivity contribution in [3.8, 4) is 11.3 Å². The summed E-state index contributed by atoms with van der Waals surface area (Å²) in [5.74, 6) is 1.25. The third-order valence-electron chi connectivity index (χ3n) is 5.07. The summed E-state index contributed by atoms with van der Waals surface area (Å²) in [6.07, 6.45) is 7.11. The van der Waals surface area contributed by atoms with Crippen molar-refractivity contribution in [2.75, 3.05) is 40.0 Å². The number of ether oxygens (including phenoxy) is 2. The molecule has 154 valence electrons. The maximum Gasteiger partial charge on any atom is 0.132 e. The Balaban J connectivity index is 1.47. The fourth-order valence-electron chi connectivity index (χ4n) is 3.57. The topological polar surface area (TPSA) is 85.5 Å². The van der Waals surface area contributed by atoms with Crippen LogP contribution in [-0.4, -0.2) is 81.9 Å². The molecule has 0 spiro atoms. The van der Waals surface area contributed by atoms with Crippen molar-refractivity contribution in [2.45, 2.75) is 37.9 Å². The Morgan fingerprint density at radius 2 is 2.07 bits per heavy atom. The molecule has 28 heavy (non-hydrogen) atoms. The van der Waals surface area contributed by atoms with Crippen molar-refractivity contribution >= 4 is 0 Å². The molecule has 0 saturated carbocycles. The third-order valence-corrected chi connectivity index (χ3v) is 5.07. The highest BCUT2D eigenvalue weighted by Crippen LogP contribution is 2.27. The van der Waals surface area contributed by atoms with Crippen molar-refractivity contribution in [1.29, 1.82) is 0 Å². The van der Waals surface area contributed by atoms with Gasteiger partial charge in [0.15, 0.2) is 0 Å². The highest BCUT2D eigenvalue weighted by atomic mass is 16.5. The number of rotatable bonds is 9. The quantitative estimate of drug-likeness (QED) is 0.695. The lowest BCUT2D eigenvalue weighted by Crippen LogP contribution is -2.40. The predicted octanol–water partition coefficient (Wildman–Crippen LogP) is 1.47. The lowest BCUT2D eigenvalue weighted by Gasteiger charge is -2.32. The molecule has 0 aliphatic carbocycles. The van der Waals surface area contributed by atoms with E-state index in [1.54, 1.807) is 11.8 Å². The Morgan fingerprint density at radius 1 is 1.29 bits per heavy atom. The predicted molar refractivity (Wildman–Crippen MR) is 106 cm³/mol. The van der Waals surface area contributed by atoms with Gasteiger partial charge in [-0.2, -0.15) is 5.10 Å². The van der Waals surface area contributed by atoms with Crippen molar-refractivity contribution < 1.29 is 14.6 Å². The highest BCUT2D eigenvalue weighted by Gasteiger charge is 2.24. The molecule has 0 amide bonds. The summed E-state index contributed by atoms with van der Waals surface area (Å²) >= 11 is 0. The standard InChI is InChI=1S/C20H31N5O3/c1-15(13-27-3)28-14-18(26)12-25-8-5-16(6-9-25)20-21-7-4-19(23-20)17-10-22-24(2)11-17/h4,7,10-11,15-16,18,26H,5-6,8-9,12-14H2,1-3H3. The maximum atomic E-state index is 10.2. The number of nitrogens with zero attached hydrogens (tertiary/aromatic N) is 5. The van der Waals surface area contributed by atoms with Crippen molar-refractivity contribution in [3.05, 3.63) is 30.5 Å². The molecular formula is C20H31N5O3. The van der Waals surface area contributed by atoms with Gasteiger partial charge >= 0.3 is 0 Å². The SMILES string of the molecule is COCC(C)OCC(O)CN1CCC(c2nccc(-c3cnn(C)c3)n2)CC1. The first-order chi connectivity index (χ1) is 13.5. The van der Waals surface area contributed by atoms with E-state index in [0.29, 0.717) is 25.7 Å². The molecule has 0 bridgehead atoms. The van der Waals surface area contributed by atoms with Crippen molar-refractivity contribution in [3.63, 3.8) is 0 Å². The molecule has 1 aliphatic rings. The molecule has 3 heterocycles. The molecule has 0 radical (unpaired) electrons. The number of β-amino-alcohol motifs (C(OH)–C–C–N with tert-alkyl or cyclic N) is 1. The zero-order chi connectivity index (χ0) is 19.9. The van der Waals surface area contributed by atoms with Gasteiger partial charge in [-0.3, -0.25) is 4.68 Å². The van der Waals surface area contributed by atoms with E-state index in [4.69, 9.17) is 14.5 Å². The van der Waals surface area contributed by atoms with Gasteiger partial charge in [-0.25, -0.2) is 9.97 Å². The summed E-state index contributed by atoms with van der Waals surface area (Å²) in [5.41, 5.74) is 1.92. The van der Waals surface area contributed by atoms with E-state index in [9.17, 15) is 5.11 Å². The largest absolute Gasteiger partial charge is 0.389 e. The van der Waals surface area contributed by atoms with Gasteiger partial charge in [0.25, 0.3) is 0 Å². The van der Waals surface area contributed by atoms with Gasteiger partial charge in [-0.1, -0.05) is 0 Å². The van der Waals surface area contributed by atoms with Gasteiger partial charge in [0, 0.05) is 44.6 Å². The van der Waals surface area contributed by atoms with Crippen LogP contribution in [-0.2, 0) is 16.5 Å². The van der Waals surface area contributed by atoms with Crippen LogP contribution in [0.5, 0.6) is 0 Å². The van der Waals surface area contributed by atoms with E-state index in [-0.39, 0.29) is 6.10 Å². The zero-order valence-corrected chi connectivity index (χ0v) is 17.0. The van der Waals surface area contributed by atoms with Crippen LogP contribution in [0.2, 0.25) is 0 Å². The number of aliphatic hydroxyl groups excluding tert-OH is 1. The second kappa shape index (κ2) is 10.1. The van der Waals surface area contributed by atoms with E-state index in [2.05, 4.69) is 15.0 Å². The van der Waals surface area contributed by atoms with Crippen molar-refractivity contribution in [1.82, 2.24) is 24.6 Å². The van der Waals surface area contributed by atoms with Gasteiger partial charge in [-0.15, -0.1) is 0 Å². The molecule has 2 aromatic heterocycles. The summed E-state index contributed by atoms with van der Waals surface area (Å²) in [6, 6.07) is 1.93. The summed E-state index contributed by atoms with van der Waals surface area (Å²) in [6.45, 7) is 5.30. The minimum absolute atomic E-state index is 0.00498. The first-order valence-corrected chi connectivity index (χ1v) is 9.88. The molecule has 2 atom stereocenters. The molecule has 1 fully saturated rings. The number of aryl methyl sites for hydroxylation is 1. The third kappa shape index (κ3) is 5.81. The molecule has 8 nitrogen and oxygen atoms in total. The summed E-state index contributed by atoms with van der Waals surface area (Å²) < 4.78 is 12.4. The first kappa shape index (κ1) is 20.9. The van der Waals surface area contributed by atoms with Crippen LogP contribution in [0.15, 0.2) is 24.7 Å². The van der Waals surface area contributed by atoms with Gasteiger partial charge in [0.05, 0.1) is 37.3 Å². The smallest absolute Gasteiger partial charge is 0.132 e. The average molecular weight is 390 g/mol. The highest BCUT2D eigenvalue weighted by molar-refractivity contribution is 5.56. The monoisotopic (exact) mass is 389 g/mol. The minimum atomic E-state index is -0.485. The lowest BCUT2D eigenvalue weighted by molar-refractivity contribution is -0.0411. The van der Waals surface area contributed by atoms with Gasteiger partial charge in [-0.05, 0) is 38.9 Å². The van der Waals surface area contributed by atoms with Crippen LogP contribution < -0.4 is 0 Å². The molecule has 2 unspecified atom stereocenters. The number of hydrogen-bond donors (Lipinski definition) is 1. The van der Waals surface area contributed by atoms with Crippen LogP contribution in [0.1, 0.15) is 31.5 Å². The Labute approximate surface area is 166 Å². The first-order valence-electron chi connectivity index (χ1n) is 9.88. The Kier molecular flexibility index (Phi) is 7.50. The van der Waals surface area contributed by atoms with E-state index >= 15 is 0 Å². The fourth-order valence-corrected chi connectivity index (χ4v) is 3.57. The van der Waals surface area contributed by atoms with Gasteiger partial charge in [0.2, 0.25) is 0 Å². The second-order valence-electron chi connectivity index (χ2n) is 7.53. The van der Waals surface area contributed by atoms with E-state index in [0.717, 1.165) is 43.0 Å². The summed E-state index contributed by atoms with van der Waals surface area (Å²) in [5, 5.41) is 14.4. The van der Waals surface area contributed by atoms with Crippen LogP contribution in [0.4, 0.5) is 0 Å². The molecule has 1 N–H and O–H groups in total. The number of aromatic nitrogens is 4. The molecule has 2 aromatic rings. The molecule has 1 aliphatic heterocycles. The van der Waals surface area contributed by atoms with Crippen LogP contribution in [0.25, 0.3) is 11.3 Å². The summed E-state index contributed by atoms with van der Waals surface area (Å²) in [4.78, 5) is 11.6. The number of aliphatic hydroxyl groups is 1. The van der Waals surface area contributed by atoms with Gasteiger partial charge in [0.1, 0.15) is 5.82 Å².